The van der Waals surface area contributed by atoms with E-state index in [2.05, 4.69) is 62.5 Å². The molecule has 0 aromatic carbocycles. The number of carboxylic acid groups (broad SMARTS) is 1. The second kappa shape index (κ2) is 61.3. The van der Waals surface area contributed by atoms with E-state index in [9.17, 15) is 19.5 Å². The van der Waals surface area contributed by atoms with E-state index in [1.54, 1.807) is 0 Å². The topological polar surface area (TPSA) is 111 Å². The number of allylic oxidation sites excluding steroid dienone is 8. The minimum atomic E-state index is -1.62. The number of ether oxygens (including phenoxy) is 4. The minimum absolute atomic E-state index is 0.149. The molecule has 0 aliphatic carbocycles. The van der Waals surface area contributed by atoms with Crippen LogP contribution >= 0.6 is 0 Å². The molecule has 0 amide bonds. The molecular formula is C70H129NO8. The molecule has 2 unspecified atom stereocenters. The van der Waals surface area contributed by atoms with Gasteiger partial charge in [-0.25, -0.2) is 0 Å². The number of carboxylic acids is 1. The largest absolute Gasteiger partial charge is 0.545 e. The van der Waals surface area contributed by atoms with Crippen LogP contribution in [0.2, 0.25) is 0 Å². The fourth-order valence-corrected chi connectivity index (χ4v) is 9.84. The van der Waals surface area contributed by atoms with Crippen LogP contribution in [0.25, 0.3) is 0 Å². The molecule has 0 N–H and O–H groups in total. The highest BCUT2D eigenvalue weighted by Gasteiger charge is 2.22. The Kier molecular flexibility index (Phi) is 59.2. The van der Waals surface area contributed by atoms with E-state index in [1.807, 2.05) is 21.1 Å². The molecule has 0 rings (SSSR count). The van der Waals surface area contributed by atoms with Crippen molar-refractivity contribution in [3.63, 3.8) is 0 Å². The first-order valence-electron chi connectivity index (χ1n) is 33.8. The van der Waals surface area contributed by atoms with E-state index in [0.717, 1.165) is 44.9 Å². The molecule has 0 aromatic rings. The van der Waals surface area contributed by atoms with Gasteiger partial charge in [0.1, 0.15) is 13.2 Å². The van der Waals surface area contributed by atoms with Crippen molar-refractivity contribution < 1.29 is 42.9 Å². The Hall–Kier alpha value is -2.75. The van der Waals surface area contributed by atoms with E-state index in [0.29, 0.717) is 17.4 Å². The zero-order chi connectivity index (χ0) is 57.6. The number of carbonyl (C=O) groups is 3. The minimum Gasteiger partial charge on any atom is -0.545 e. The highest BCUT2D eigenvalue weighted by atomic mass is 16.7. The van der Waals surface area contributed by atoms with Crippen molar-refractivity contribution in [3.05, 3.63) is 48.6 Å². The first-order chi connectivity index (χ1) is 38.6. The van der Waals surface area contributed by atoms with Gasteiger partial charge in [0, 0.05) is 12.8 Å². The Bertz CT molecular complexity index is 1430. The van der Waals surface area contributed by atoms with Crippen molar-refractivity contribution in [3.8, 4) is 0 Å². The summed E-state index contributed by atoms with van der Waals surface area (Å²) in [7, 11) is 5.93. The van der Waals surface area contributed by atoms with Gasteiger partial charge >= 0.3 is 11.9 Å². The summed E-state index contributed by atoms with van der Waals surface area (Å²) in [6, 6.07) is 0. The Morgan fingerprint density at radius 3 is 1.03 bits per heavy atom. The number of aliphatic carboxylic acids is 1. The number of rotatable bonds is 63. The van der Waals surface area contributed by atoms with Crippen LogP contribution in [0, 0.1) is 0 Å². The average molecular weight is 1110 g/mol. The molecule has 0 aromatic heterocycles. The number of carbonyl (C=O) groups excluding carboxylic acids is 3. The Morgan fingerprint density at radius 1 is 0.380 bits per heavy atom. The van der Waals surface area contributed by atoms with Gasteiger partial charge in [0.2, 0.25) is 0 Å². The van der Waals surface area contributed by atoms with Gasteiger partial charge < -0.3 is 33.3 Å². The maximum Gasteiger partial charge on any atom is 0.306 e. The summed E-state index contributed by atoms with van der Waals surface area (Å²) in [5, 5.41) is 11.8. The van der Waals surface area contributed by atoms with Crippen LogP contribution in [-0.4, -0.2) is 82.3 Å². The number of hydrogen-bond donors (Lipinski definition) is 0. The highest BCUT2D eigenvalue weighted by Crippen LogP contribution is 2.18. The van der Waals surface area contributed by atoms with E-state index in [1.165, 1.54) is 244 Å². The SMILES string of the molecule is CCCCCCC/C=C\C/C=C\C/C=C\CCCCCCCCCCCCCCCCCCCCCCCCC(=O)OC(COC(=O)CCCCCCCCC/C=C\CCCCCCCC)COC(OCC[N+](C)(C)C)C(=O)[O-]. The normalized spacial score (nSPS) is 13.0. The van der Waals surface area contributed by atoms with E-state index in [4.69, 9.17) is 18.9 Å². The van der Waals surface area contributed by atoms with Crippen molar-refractivity contribution in [2.45, 2.75) is 334 Å². The predicted octanol–water partition coefficient (Wildman–Crippen LogP) is 19.2. The quantitative estimate of drug-likeness (QED) is 0.0195. The molecule has 0 radical (unpaired) electrons. The van der Waals surface area contributed by atoms with Gasteiger partial charge in [-0.15, -0.1) is 0 Å². The molecule has 0 spiro atoms. The molecule has 0 heterocycles. The lowest BCUT2D eigenvalue weighted by Crippen LogP contribution is -2.44. The fourth-order valence-electron chi connectivity index (χ4n) is 9.84. The molecule has 0 fully saturated rings. The number of likely N-dealkylation sites (N-methyl/N-ethyl adjacent to an activating group) is 1. The third kappa shape index (κ3) is 62.7. The van der Waals surface area contributed by atoms with Crippen molar-refractivity contribution in [1.82, 2.24) is 0 Å². The summed E-state index contributed by atoms with van der Waals surface area (Å²) in [6.07, 6.45) is 74.8. The van der Waals surface area contributed by atoms with Crippen molar-refractivity contribution >= 4 is 17.9 Å². The van der Waals surface area contributed by atoms with Gasteiger partial charge in [0.05, 0.1) is 40.3 Å². The van der Waals surface area contributed by atoms with Crippen LogP contribution in [0.1, 0.15) is 322 Å². The molecular weight excluding hydrogens is 983 g/mol. The molecule has 0 aliphatic heterocycles. The number of unbranched alkanes of at least 4 members (excludes halogenated alkanes) is 40. The molecule has 79 heavy (non-hydrogen) atoms. The van der Waals surface area contributed by atoms with Crippen LogP contribution in [0.4, 0.5) is 0 Å². The van der Waals surface area contributed by atoms with Crippen LogP contribution in [0.3, 0.4) is 0 Å². The smallest absolute Gasteiger partial charge is 0.306 e. The lowest BCUT2D eigenvalue weighted by Gasteiger charge is -2.26. The molecule has 462 valence electrons. The van der Waals surface area contributed by atoms with Crippen LogP contribution in [0.5, 0.6) is 0 Å². The standard InChI is InChI=1S/C70H129NO8/c1-6-8-10-12-14-16-18-20-22-24-25-26-27-28-29-30-31-32-33-34-35-36-37-38-39-40-41-42-43-45-47-49-51-53-55-57-59-61-68(73)79-66(65-78-70(69(74)75)76-63-62-71(3,4)5)64-77-67(72)60-58-56-54-52-50-48-46-44-23-21-19-17-15-13-11-9-7-2/h18,20-21,23-25,27-28,66,70H,6-17,19,22,26,29-65H2,1-5H3/b20-18-,23-21-,25-24-,28-27-. The van der Waals surface area contributed by atoms with Gasteiger partial charge in [0.15, 0.2) is 12.4 Å². The molecule has 9 nitrogen and oxygen atoms in total. The molecule has 2 atom stereocenters. The van der Waals surface area contributed by atoms with Crippen LogP contribution in [-0.2, 0) is 33.3 Å². The Morgan fingerprint density at radius 2 is 0.684 bits per heavy atom. The lowest BCUT2D eigenvalue weighted by molar-refractivity contribution is -0.870. The zero-order valence-corrected chi connectivity index (χ0v) is 52.8. The first-order valence-corrected chi connectivity index (χ1v) is 33.8. The number of quaternary nitrogens is 1. The Labute approximate surface area is 489 Å². The summed E-state index contributed by atoms with van der Waals surface area (Å²) < 4.78 is 22.8. The van der Waals surface area contributed by atoms with Gasteiger partial charge in [0.25, 0.3) is 0 Å². The second-order valence-electron chi connectivity index (χ2n) is 24.1. The first kappa shape index (κ1) is 76.2. The van der Waals surface area contributed by atoms with Crippen LogP contribution < -0.4 is 5.11 Å². The number of nitrogens with zero attached hydrogens (tertiary/aromatic N) is 1. The average Bonchev–Trinajstić information content (AvgIpc) is 3.42. The second-order valence-corrected chi connectivity index (χ2v) is 24.1. The number of hydrogen-bond acceptors (Lipinski definition) is 8. The Balaban J connectivity index is 4.01. The summed E-state index contributed by atoms with van der Waals surface area (Å²) in [4.78, 5) is 37.4. The van der Waals surface area contributed by atoms with Gasteiger partial charge in [-0.3, -0.25) is 9.59 Å². The van der Waals surface area contributed by atoms with Crippen molar-refractivity contribution in [2.75, 3.05) is 47.5 Å². The van der Waals surface area contributed by atoms with E-state index in [-0.39, 0.29) is 38.6 Å². The van der Waals surface area contributed by atoms with Gasteiger partial charge in [-0.05, 0) is 77.0 Å². The summed E-state index contributed by atoms with van der Waals surface area (Å²) in [5.74, 6) is -2.27. The van der Waals surface area contributed by atoms with E-state index < -0.39 is 24.3 Å². The molecule has 0 saturated carbocycles. The lowest BCUT2D eigenvalue weighted by atomic mass is 10.0. The summed E-state index contributed by atoms with van der Waals surface area (Å²) in [6.45, 7) is 4.77. The highest BCUT2D eigenvalue weighted by molar-refractivity contribution is 5.70. The summed E-state index contributed by atoms with van der Waals surface area (Å²) >= 11 is 0. The maximum absolute atomic E-state index is 12.9. The van der Waals surface area contributed by atoms with Crippen molar-refractivity contribution in [2.24, 2.45) is 0 Å². The van der Waals surface area contributed by atoms with E-state index >= 15 is 0 Å². The fraction of sp³-hybridized carbons (Fsp3) is 0.843. The third-order valence-corrected chi connectivity index (χ3v) is 15.0. The third-order valence-electron chi connectivity index (χ3n) is 15.0. The van der Waals surface area contributed by atoms with Gasteiger partial charge in [-0.1, -0.05) is 281 Å². The zero-order valence-electron chi connectivity index (χ0n) is 52.8. The number of esters is 2. The molecule has 0 saturated heterocycles. The molecule has 9 heteroatoms. The molecule has 0 aliphatic rings. The van der Waals surface area contributed by atoms with Gasteiger partial charge in [-0.2, -0.15) is 0 Å². The maximum atomic E-state index is 12.9. The van der Waals surface area contributed by atoms with Crippen LogP contribution in [0.15, 0.2) is 48.6 Å². The van der Waals surface area contributed by atoms with Crippen molar-refractivity contribution in [1.29, 1.82) is 0 Å². The monoisotopic (exact) mass is 1110 g/mol. The molecule has 0 bridgehead atoms. The summed E-state index contributed by atoms with van der Waals surface area (Å²) in [5.41, 5.74) is 0. The predicted molar refractivity (Wildman–Crippen MR) is 334 cm³/mol.